The molecule has 0 fully saturated rings. The van der Waals surface area contributed by atoms with Crippen LogP contribution >= 0.6 is 0 Å². The van der Waals surface area contributed by atoms with Crippen molar-refractivity contribution in [1.29, 1.82) is 0 Å². The van der Waals surface area contributed by atoms with Gasteiger partial charge in [0.25, 0.3) is 0 Å². The number of nitrogens with zero attached hydrogens (tertiary/aromatic N) is 3. The molecule has 3 rings (SSSR count). The number of benzene rings is 2. The van der Waals surface area contributed by atoms with Crippen molar-refractivity contribution in [2.45, 2.75) is 13.3 Å². The van der Waals surface area contributed by atoms with Gasteiger partial charge in [-0.3, -0.25) is 4.79 Å². The number of anilines is 1. The molecule has 152 valence electrons. The molecule has 0 saturated carbocycles. The van der Waals surface area contributed by atoms with E-state index in [0.717, 1.165) is 22.7 Å². The number of ether oxygens (including phenoxy) is 3. The summed E-state index contributed by atoms with van der Waals surface area (Å²) < 4.78 is 17.5. The Kier molecular flexibility index (Phi) is 6.80. The first-order valence-corrected chi connectivity index (χ1v) is 9.28. The molecule has 29 heavy (non-hydrogen) atoms. The minimum absolute atomic E-state index is 0.0359. The first kappa shape index (κ1) is 20.3. The number of rotatable bonds is 9. The van der Waals surface area contributed by atoms with E-state index in [1.54, 1.807) is 18.9 Å². The van der Waals surface area contributed by atoms with Crippen molar-refractivity contribution in [1.82, 2.24) is 14.8 Å². The van der Waals surface area contributed by atoms with Gasteiger partial charge in [-0.25, -0.2) is 4.68 Å². The molecule has 0 bridgehead atoms. The molecule has 1 aromatic heterocycles. The fraction of sp³-hybridized carbons (Fsp3) is 0.286. The largest absolute Gasteiger partial charge is 0.497 e. The quantitative estimate of drug-likeness (QED) is 0.558. The molecule has 1 amide bonds. The lowest BCUT2D eigenvalue weighted by Crippen LogP contribution is -2.09. The van der Waals surface area contributed by atoms with E-state index in [1.165, 1.54) is 0 Å². The Balaban J connectivity index is 1.93. The third-order valence-corrected chi connectivity index (χ3v) is 4.17. The number of amides is 1. The predicted octanol–water partition coefficient (Wildman–Crippen LogP) is 3.32. The van der Waals surface area contributed by atoms with Gasteiger partial charge in [0.2, 0.25) is 5.91 Å². The van der Waals surface area contributed by atoms with Crippen LogP contribution in [0.1, 0.15) is 13.3 Å². The van der Waals surface area contributed by atoms with Crippen LogP contribution in [0.4, 0.5) is 5.69 Å². The second-order valence-electron chi connectivity index (χ2n) is 6.15. The monoisotopic (exact) mass is 396 g/mol. The third-order valence-electron chi connectivity index (χ3n) is 4.17. The van der Waals surface area contributed by atoms with Crippen molar-refractivity contribution in [3.63, 3.8) is 0 Å². The highest BCUT2D eigenvalue weighted by atomic mass is 16.5. The standard InChI is InChI=1S/C21H24N4O4/c1-4-19(26)22-16-7-9-17(10-8-16)25-20(15-5-11-18(28-3)12-6-15)23-21(24-25)29-14-13-27-2/h5-12H,4,13-14H2,1-3H3,(H,22,26). The van der Waals surface area contributed by atoms with E-state index in [4.69, 9.17) is 14.2 Å². The number of hydrogen-bond donors (Lipinski definition) is 1. The number of carbonyl (C=O) groups is 1. The van der Waals surface area contributed by atoms with Gasteiger partial charge in [0.15, 0.2) is 5.82 Å². The second kappa shape index (κ2) is 9.70. The van der Waals surface area contributed by atoms with Gasteiger partial charge in [-0.05, 0) is 48.5 Å². The lowest BCUT2D eigenvalue weighted by molar-refractivity contribution is -0.115. The van der Waals surface area contributed by atoms with Gasteiger partial charge in [-0.2, -0.15) is 4.98 Å². The highest BCUT2D eigenvalue weighted by molar-refractivity contribution is 5.90. The van der Waals surface area contributed by atoms with Crippen LogP contribution in [0.2, 0.25) is 0 Å². The highest BCUT2D eigenvalue weighted by Gasteiger charge is 2.15. The van der Waals surface area contributed by atoms with Gasteiger partial charge < -0.3 is 19.5 Å². The summed E-state index contributed by atoms with van der Waals surface area (Å²) in [5.74, 6) is 1.35. The SMILES string of the molecule is CCC(=O)Nc1ccc(-n2nc(OCCOC)nc2-c2ccc(OC)cc2)cc1. The maximum atomic E-state index is 11.6. The summed E-state index contributed by atoms with van der Waals surface area (Å²) in [6.45, 7) is 2.61. The first-order valence-electron chi connectivity index (χ1n) is 9.28. The number of nitrogens with one attached hydrogen (secondary N) is 1. The number of aromatic nitrogens is 3. The van der Waals surface area contributed by atoms with Crippen LogP contribution in [0.15, 0.2) is 48.5 Å². The minimum atomic E-state index is -0.0359. The zero-order chi connectivity index (χ0) is 20.6. The normalized spacial score (nSPS) is 10.6. The summed E-state index contributed by atoms with van der Waals surface area (Å²) in [7, 11) is 3.23. The molecule has 0 saturated heterocycles. The Morgan fingerprint density at radius 2 is 1.76 bits per heavy atom. The fourth-order valence-electron chi connectivity index (χ4n) is 2.61. The van der Waals surface area contributed by atoms with Crippen LogP contribution in [0, 0.1) is 0 Å². The molecule has 0 aliphatic carbocycles. The molecule has 0 aliphatic heterocycles. The van der Waals surface area contributed by atoms with E-state index in [0.29, 0.717) is 25.5 Å². The molecule has 8 heteroatoms. The van der Waals surface area contributed by atoms with Gasteiger partial charge in [0.1, 0.15) is 12.4 Å². The zero-order valence-corrected chi connectivity index (χ0v) is 16.7. The summed E-state index contributed by atoms with van der Waals surface area (Å²) >= 11 is 0. The van der Waals surface area contributed by atoms with Crippen LogP contribution in [0.25, 0.3) is 17.1 Å². The van der Waals surface area contributed by atoms with Crippen LogP contribution in [-0.2, 0) is 9.53 Å². The molecule has 0 unspecified atom stereocenters. The topological polar surface area (TPSA) is 87.5 Å². The third kappa shape index (κ3) is 5.11. The van der Waals surface area contributed by atoms with E-state index < -0.39 is 0 Å². The molecule has 0 aliphatic rings. The smallest absolute Gasteiger partial charge is 0.336 e. The van der Waals surface area contributed by atoms with Gasteiger partial charge in [0, 0.05) is 24.8 Å². The predicted molar refractivity (Wildman–Crippen MR) is 110 cm³/mol. The van der Waals surface area contributed by atoms with Crippen molar-refractivity contribution >= 4 is 11.6 Å². The van der Waals surface area contributed by atoms with Crippen LogP contribution in [-0.4, -0.2) is 48.1 Å². The van der Waals surface area contributed by atoms with Crippen molar-refractivity contribution < 1.29 is 19.0 Å². The van der Waals surface area contributed by atoms with E-state index in [1.807, 2.05) is 55.5 Å². The molecule has 2 aromatic carbocycles. The molecular formula is C21H24N4O4. The summed E-state index contributed by atoms with van der Waals surface area (Å²) in [6.07, 6.45) is 0.425. The number of hydrogen-bond acceptors (Lipinski definition) is 6. The zero-order valence-electron chi connectivity index (χ0n) is 16.7. The Morgan fingerprint density at radius 1 is 1.03 bits per heavy atom. The van der Waals surface area contributed by atoms with E-state index >= 15 is 0 Å². The van der Waals surface area contributed by atoms with Crippen LogP contribution in [0.3, 0.4) is 0 Å². The molecule has 3 aromatic rings. The summed E-state index contributed by atoms with van der Waals surface area (Å²) in [5, 5.41) is 7.32. The van der Waals surface area contributed by atoms with Crippen molar-refractivity contribution in [3.05, 3.63) is 48.5 Å². The highest BCUT2D eigenvalue weighted by Crippen LogP contribution is 2.26. The van der Waals surface area contributed by atoms with Gasteiger partial charge in [-0.15, -0.1) is 5.10 Å². The lowest BCUT2D eigenvalue weighted by Gasteiger charge is -2.08. The molecule has 0 atom stereocenters. The maximum Gasteiger partial charge on any atom is 0.336 e. The van der Waals surface area contributed by atoms with Crippen molar-refractivity contribution in [3.8, 4) is 28.8 Å². The van der Waals surface area contributed by atoms with Gasteiger partial charge in [-0.1, -0.05) is 6.92 Å². The van der Waals surface area contributed by atoms with E-state index in [-0.39, 0.29) is 11.9 Å². The number of carbonyl (C=O) groups excluding carboxylic acids is 1. The fourth-order valence-corrected chi connectivity index (χ4v) is 2.61. The van der Waals surface area contributed by atoms with Crippen LogP contribution < -0.4 is 14.8 Å². The van der Waals surface area contributed by atoms with Gasteiger partial charge >= 0.3 is 6.01 Å². The average Bonchev–Trinajstić information content (AvgIpc) is 3.18. The Hall–Kier alpha value is -3.39. The van der Waals surface area contributed by atoms with E-state index in [9.17, 15) is 4.79 Å². The first-order chi connectivity index (χ1) is 14.1. The van der Waals surface area contributed by atoms with Crippen molar-refractivity contribution in [2.75, 3.05) is 32.8 Å². The molecule has 8 nitrogen and oxygen atoms in total. The van der Waals surface area contributed by atoms with E-state index in [2.05, 4.69) is 15.4 Å². The molecule has 0 radical (unpaired) electrons. The summed E-state index contributed by atoms with van der Waals surface area (Å²) in [4.78, 5) is 16.1. The second-order valence-corrected chi connectivity index (χ2v) is 6.15. The van der Waals surface area contributed by atoms with Crippen molar-refractivity contribution in [2.24, 2.45) is 0 Å². The van der Waals surface area contributed by atoms with Crippen LogP contribution in [0.5, 0.6) is 11.8 Å². The molecule has 0 spiro atoms. The molecule has 1 N–H and O–H groups in total. The molecular weight excluding hydrogens is 372 g/mol. The Labute approximate surface area is 169 Å². The Bertz CT molecular complexity index is 936. The Morgan fingerprint density at radius 3 is 2.38 bits per heavy atom. The lowest BCUT2D eigenvalue weighted by atomic mass is 10.2. The van der Waals surface area contributed by atoms with Gasteiger partial charge in [0.05, 0.1) is 19.4 Å². The molecule has 1 heterocycles. The minimum Gasteiger partial charge on any atom is -0.497 e. The summed E-state index contributed by atoms with van der Waals surface area (Å²) in [5.41, 5.74) is 2.38. The average molecular weight is 396 g/mol. The number of methoxy groups -OCH3 is 2. The maximum absolute atomic E-state index is 11.6. The summed E-state index contributed by atoms with van der Waals surface area (Å²) in [6, 6.07) is 15.2.